The van der Waals surface area contributed by atoms with Crippen LogP contribution in [-0.2, 0) is 10.8 Å². The van der Waals surface area contributed by atoms with Crippen LogP contribution in [0.4, 0.5) is 0 Å². The molecule has 0 aliphatic rings. The van der Waals surface area contributed by atoms with E-state index in [9.17, 15) is 0 Å². The Kier molecular flexibility index (Phi) is 4.33. The highest BCUT2D eigenvalue weighted by Crippen LogP contribution is 2.38. The van der Waals surface area contributed by atoms with Crippen LogP contribution in [0.3, 0.4) is 0 Å². The average Bonchev–Trinajstić information content (AvgIpc) is 3.18. The van der Waals surface area contributed by atoms with Crippen LogP contribution >= 0.6 is 0 Å². The lowest BCUT2D eigenvalue weighted by molar-refractivity contribution is 0.361. The lowest BCUT2D eigenvalue weighted by atomic mass is 9.75. The summed E-state index contributed by atoms with van der Waals surface area (Å²) in [4.78, 5) is 9.73. The Bertz CT molecular complexity index is 1140. The fourth-order valence-corrected chi connectivity index (χ4v) is 4.55. The first-order valence-electron chi connectivity index (χ1n) is 10.1. The zero-order chi connectivity index (χ0) is 20.1. The molecule has 0 aliphatic carbocycles. The monoisotopic (exact) mass is 374 g/mol. The van der Waals surface area contributed by atoms with Crippen LogP contribution in [0, 0.1) is 13.8 Å². The van der Waals surface area contributed by atoms with E-state index >= 15 is 0 Å². The molecule has 0 bridgehead atoms. The number of rotatable bonds is 5. The Morgan fingerprint density at radius 2 is 1.32 bits per heavy atom. The summed E-state index contributed by atoms with van der Waals surface area (Å²) < 4.78 is 4.44. The van der Waals surface area contributed by atoms with Crippen LogP contribution in [0.15, 0.2) is 48.8 Å². The summed E-state index contributed by atoms with van der Waals surface area (Å²) in [7, 11) is 0. The van der Waals surface area contributed by atoms with Gasteiger partial charge in [0.25, 0.3) is 0 Å². The van der Waals surface area contributed by atoms with E-state index in [1.54, 1.807) is 0 Å². The number of aryl methyl sites for hydroxylation is 2. The normalized spacial score (nSPS) is 12.9. The van der Waals surface area contributed by atoms with Crippen LogP contribution in [0.1, 0.15) is 63.3 Å². The molecule has 4 aromatic heterocycles. The summed E-state index contributed by atoms with van der Waals surface area (Å²) in [6, 6.07) is 12.4. The predicted octanol–water partition coefficient (Wildman–Crippen LogP) is 5.63. The van der Waals surface area contributed by atoms with Crippen LogP contribution in [0.25, 0.3) is 11.3 Å². The van der Waals surface area contributed by atoms with E-state index < -0.39 is 0 Å². The summed E-state index contributed by atoms with van der Waals surface area (Å²) in [6.45, 7) is 13.6. The second-order valence-corrected chi connectivity index (χ2v) is 9.22. The van der Waals surface area contributed by atoms with Crippen molar-refractivity contribution in [1.29, 1.82) is 0 Å². The summed E-state index contributed by atoms with van der Waals surface area (Å²) in [5.74, 6) is 0. The SMILES string of the molecule is Cc1nc2ccccn2c1C(C)(C)CCC(C)(C)c1nc2ccccn2c1C. The number of nitrogens with zero attached hydrogens (tertiary/aromatic N) is 4. The number of imidazole rings is 2. The summed E-state index contributed by atoms with van der Waals surface area (Å²) >= 11 is 0. The topological polar surface area (TPSA) is 34.6 Å². The molecule has 0 fully saturated rings. The third-order valence-electron chi connectivity index (χ3n) is 6.13. The maximum atomic E-state index is 4.96. The van der Waals surface area contributed by atoms with E-state index in [0.717, 1.165) is 29.8 Å². The molecule has 0 amide bonds. The van der Waals surface area contributed by atoms with E-state index in [1.807, 2.05) is 6.07 Å². The van der Waals surface area contributed by atoms with Crippen molar-refractivity contribution < 1.29 is 0 Å². The molecule has 0 N–H and O–H groups in total. The maximum Gasteiger partial charge on any atom is 0.137 e. The van der Waals surface area contributed by atoms with Gasteiger partial charge in [-0.05, 0) is 51.0 Å². The van der Waals surface area contributed by atoms with Gasteiger partial charge < -0.3 is 8.80 Å². The molecule has 0 saturated carbocycles. The summed E-state index contributed by atoms with van der Waals surface area (Å²) in [5.41, 5.74) is 6.95. The third-order valence-corrected chi connectivity index (χ3v) is 6.13. The molecule has 0 saturated heterocycles. The van der Waals surface area contributed by atoms with Gasteiger partial charge in [-0.25, -0.2) is 9.97 Å². The molecule has 4 rings (SSSR count). The molecule has 0 aliphatic heterocycles. The smallest absolute Gasteiger partial charge is 0.137 e. The maximum absolute atomic E-state index is 4.96. The molecule has 4 heterocycles. The minimum Gasteiger partial charge on any atom is -0.304 e. The van der Waals surface area contributed by atoms with Crippen molar-refractivity contribution in [2.24, 2.45) is 0 Å². The second kappa shape index (κ2) is 6.47. The largest absolute Gasteiger partial charge is 0.304 e. The van der Waals surface area contributed by atoms with Gasteiger partial charge >= 0.3 is 0 Å². The number of hydrogen-bond donors (Lipinski definition) is 0. The Morgan fingerprint density at radius 1 is 0.750 bits per heavy atom. The van der Waals surface area contributed by atoms with Gasteiger partial charge in [-0.1, -0.05) is 39.8 Å². The van der Waals surface area contributed by atoms with Crippen molar-refractivity contribution >= 4 is 11.3 Å². The molecule has 0 aromatic carbocycles. The molecular formula is C24H30N4. The molecule has 0 atom stereocenters. The Hall–Kier alpha value is -2.62. The van der Waals surface area contributed by atoms with Gasteiger partial charge in [-0.15, -0.1) is 0 Å². The predicted molar refractivity (Wildman–Crippen MR) is 115 cm³/mol. The fraction of sp³-hybridized carbons (Fsp3) is 0.417. The van der Waals surface area contributed by atoms with Gasteiger partial charge in [0.05, 0.1) is 17.1 Å². The Balaban J connectivity index is 1.64. The quantitative estimate of drug-likeness (QED) is 0.453. The van der Waals surface area contributed by atoms with E-state index in [-0.39, 0.29) is 10.8 Å². The van der Waals surface area contributed by atoms with Crippen molar-refractivity contribution in [2.45, 2.75) is 65.2 Å². The molecule has 4 aromatic rings. The highest BCUT2D eigenvalue weighted by atomic mass is 15.0. The van der Waals surface area contributed by atoms with Gasteiger partial charge in [0.15, 0.2) is 0 Å². The first-order valence-corrected chi connectivity index (χ1v) is 10.1. The molecule has 146 valence electrons. The van der Waals surface area contributed by atoms with E-state index in [0.29, 0.717) is 0 Å². The van der Waals surface area contributed by atoms with Crippen LogP contribution in [-0.4, -0.2) is 18.8 Å². The van der Waals surface area contributed by atoms with Crippen LogP contribution < -0.4 is 0 Å². The van der Waals surface area contributed by atoms with E-state index in [1.165, 1.54) is 17.1 Å². The molecular weight excluding hydrogens is 344 g/mol. The highest BCUT2D eigenvalue weighted by molar-refractivity contribution is 5.46. The summed E-state index contributed by atoms with van der Waals surface area (Å²) in [6.07, 6.45) is 6.36. The molecule has 4 heteroatoms. The minimum absolute atomic E-state index is 0.00176. The molecule has 0 radical (unpaired) electrons. The second-order valence-electron chi connectivity index (χ2n) is 9.22. The Labute approximate surface area is 167 Å². The van der Waals surface area contributed by atoms with Crippen molar-refractivity contribution in [3.63, 3.8) is 0 Å². The van der Waals surface area contributed by atoms with Gasteiger partial charge in [0.1, 0.15) is 11.3 Å². The van der Waals surface area contributed by atoms with Crippen molar-refractivity contribution in [3.8, 4) is 0 Å². The van der Waals surface area contributed by atoms with Gasteiger partial charge in [-0.2, -0.15) is 0 Å². The van der Waals surface area contributed by atoms with Crippen LogP contribution in [0.5, 0.6) is 0 Å². The number of fused-ring (bicyclic) bond motifs is 2. The molecule has 0 spiro atoms. The highest BCUT2D eigenvalue weighted by Gasteiger charge is 2.33. The average molecular weight is 375 g/mol. The van der Waals surface area contributed by atoms with Gasteiger partial charge in [0.2, 0.25) is 0 Å². The number of hydrogen-bond acceptors (Lipinski definition) is 2. The van der Waals surface area contributed by atoms with Crippen molar-refractivity contribution in [1.82, 2.24) is 18.8 Å². The van der Waals surface area contributed by atoms with Crippen LogP contribution in [0.2, 0.25) is 0 Å². The van der Waals surface area contributed by atoms with E-state index in [4.69, 9.17) is 9.97 Å². The summed E-state index contributed by atoms with van der Waals surface area (Å²) in [5, 5.41) is 0. The first kappa shape index (κ1) is 18.7. The lowest BCUT2D eigenvalue weighted by Gasteiger charge is -2.31. The van der Waals surface area contributed by atoms with Gasteiger partial charge in [0, 0.05) is 28.9 Å². The van der Waals surface area contributed by atoms with E-state index in [2.05, 4.69) is 93.1 Å². The van der Waals surface area contributed by atoms with Crippen molar-refractivity contribution in [3.05, 3.63) is 71.6 Å². The molecule has 28 heavy (non-hydrogen) atoms. The van der Waals surface area contributed by atoms with Gasteiger partial charge in [-0.3, -0.25) is 0 Å². The number of pyridine rings is 2. The lowest BCUT2D eigenvalue weighted by Crippen LogP contribution is -2.27. The minimum atomic E-state index is 0.00176. The number of aromatic nitrogens is 4. The zero-order valence-corrected chi connectivity index (χ0v) is 17.8. The standard InChI is InChI=1S/C24H30N4/c1-17-22(28-16-10-8-11-19(28)25-17)24(5,6)14-13-23(3,4)21-18(2)27-15-9-7-12-20(27)26-21/h7-12,15-16H,13-14H2,1-6H3. The van der Waals surface area contributed by atoms with Crippen molar-refractivity contribution in [2.75, 3.05) is 0 Å². The third kappa shape index (κ3) is 3.01. The first-order chi connectivity index (χ1) is 13.2. The molecule has 4 nitrogen and oxygen atoms in total. The Morgan fingerprint density at radius 3 is 1.96 bits per heavy atom. The fourth-order valence-electron chi connectivity index (χ4n) is 4.55. The zero-order valence-electron chi connectivity index (χ0n) is 17.8. The molecule has 0 unspecified atom stereocenters.